The molecule has 5 nitrogen and oxygen atoms in total. The average Bonchev–Trinajstić information content (AvgIpc) is 2.09. The second-order valence-corrected chi connectivity index (χ2v) is 4.61. The van der Waals surface area contributed by atoms with E-state index in [4.69, 9.17) is 4.74 Å². The van der Waals surface area contributed by atoms with Gasteiger partial charge < -0.3 is 14.6 Å². The average molecular weight is 224 g/mol. The van der Waals surface area contributed by atoms with Crippen LogP contribution in [0.2, 0.25) is 0 Å². The molecule has 0 aromatic heterocycles. The molecule has 6 heteroatoms. The molecule has 0 rings (SSSR count). The lowest BCUT2D eigenvalue weighted by atomic mass is 10.3. The maximum Gasteiger partial charge on any atom is 0.0946 e. The highest BCUT2D eigenvalue weighted by Crippen LogP contribution is 1.93. The first-order chi connectivity index (χ1) is 6.49. The van der Waals surface area contributed by atoms with Gasteiger partial charge in [-0.1, -0.05) is 6.92 Å². The van der Waals surface area contributed by atoms with E-state index in [2.05, 4.69) is 5.32 Å². The normalized spacial score (nSPS) is 14.2. The van der Waals surface area contributed by atoms with Crippen molar-refractivity contribution in [2.24, 2.45) is 0 Å². The molecule has 0 saturated carbocycles. The van der Waals surface area contributed by atoms with Crippen molar-refractivity contribution in [1.29, 1.82) is 0 Å². The minimum Gasteiger partial charge on any atom is -0.748 e. The summed E-state index contributed by atoms with van der Waals surface area (Å²) >= 11 is 0. The zero-order valence-corrected chi connectivity index (χ0v) is 9.47. The van der Waals surface area contributed by atoms with E-state index < -0.39 is 10.1 Å². The predicted octanol–water partition coefficient (Wildman–Crippen LogP) is -0.0637. The summed E-state index contributed by atoms with van der Waals surface area (Å²) in [6, 6.07) is 0. The van der Waals surface area contributed by atoms with Gasteiger partial charge in [0.05, 0.1) is 16.2 Å². The van der Waals surface area contributed by atoms with Crippen molar-refractivity contribution in [1.82, 2.24) is 5.32 Å². The van der Waals surface area contributed by atoms with Crippen LogP contribution in [0.5, 0.6) is 0 Å². The van der Waals surface area contributed by atoms with Crippen molar-refractivity contribution in [2.45, 2.75) is 25.9 Å². The highest BCUT2D eigenvalue weighted by molar-refractivity contribution is 7.85. The van der Waals surface area contributed by atoms with Gasteiger partial charge in [-0.3, -0.25) is 0 Å². The van der Waals surface area contributed by atoms with Crippen molar-refractivity contribution < 1.29 is 17.7 Å². The van der Waals surface area contributed by atoms with Gasteiger partial charge in [0.25, 0.3) is 0 Å². The quantitative estimate of drug-likeness (QED) is 0.461. The lowest BCUT2D eigenvalue weighted by molar-refractivity contribution is 0.0988. The van der Waals surface area contributed by atoms with Crippen LogP contribution in [0.1, 0.15) is 19.8 Å². The van der Waals surface area contributed by atoms with Gasteiger partial charge in [0.1, 0.15) is 0 Å². The fraction of sp³-hybridized carbons (Fsp3) is 1.00. The third-order valence-electron chi connectivity index (χ3n) is 1.91. The number of rotatable bonds is 8. The summed E-state index contributed by atoms with van der Waals surface area (Å²) in [6.45, 7) is 3.23. The third kappa shape index (κ3) is 8.43. The molecule has 1 N–H and O–H groups in total. The van der Waals surface area contributed by atoms with E-state index in [9.17, 15) is 13.0 Å². The van der Waals surface area contributed by atoms with Crippen molar-refractivity contribution in [2.75, 3.05) is 26.0 Å². The summed E-state index contributed by atoms with van der Waals surface area (Å²) in [5, 5.41) is 3.03. The van der Waals surface area contributed by atoms with Crippen LogP contribution in [0.4, 0.5) is 0 Å². The van der Waals surface area contributed by atoms with Crippen molar-refractivity contribution in [3.63, 3.8) is 0 Å². The van der Waals surface area contributed by atoms with Crippen LogP contribution >= 0.6 is 0 Å². The minimum atomic E-state index is -4.06. The summed E-state index contributed by atoms with van der Waals surface area (Å²) in [5.74, 6) is -0.302. The van der Waals surface area contributed by atoms with Crippen LogP contribution in [-0.4, -0.2) is 45.0 Å². The molecule has 1 unspecified atom stereocenters. The van der Waals surface area contributed by atoms with Gasteiger partial charge in [-0.2, -0.15) is 0 Å². The lowest BCUT2D eigenvalue weighted by Crippen LogP contribution is -2.29. The number of methoxy groups -OCH3 is 1. The molecule has 0 bridgehead atoms. The van der Waals surface area contributed by atoms with Crippen LogP contribution in [0, 0.1) is 0 Å². The Bertz CT molecular complexity index is 223. The molecule has 0 fully saturated rings. The second-order valence-electron chi connectivity index (χ2n) is 3.09. The number of hydrogen-bond donors (Lipinski definition) is 1. The van der Waals surface area contributed by atoms with Crippen LogP contribution in [0.25, 0.3) is 0 Å². The molecule has 0 saturated heterocycles. The van der Waals surface area contributed by atoms with Gasteiger partial charge in [-0.15, -0.1) is 0 Å². The minimum absolute atomic E-state index is 0.152. The van der Waals surface area contributed by atoms with E-state index in [0.717, 1.165) is 6.42 Å². The Hall–Kier alpha value is -0.170. The Balaban J connectivity index is 3.38. The summed E-state index contributed by atoms with van der Waals surface area (Å²) < 4.78 is 35.8. The van der Waals surface area contributed by atoms with Crippen LogP contribution in [0.15, 0.2) is 0 Å². The molecule has 14 heavy (non-hydrogen) atoms. The van der Waals surface area contributed by atoms with Gasteiger partial charge in [0.2, 0.25) is 0 Å². The predicted molar refractivity (Wildman–Crippen MR) is 53.1 cm³/mol. The molecule has 86 valence electrons. The maximum atomic E-state index is 10.2. The molecule has 0 heterocycles. The van der Waals surface area contributed by atoms with Crippen molar-refractivity contribution in [3.8, 4) is 0 Å². The summed E-state index contributed by atoms with van der Waals surface area (Å²) in [5.41, 5.74) is 0. The molecule has 0 aromatic carbocycles. The first-order valence-electron chi connectivity index (χ1n) is 4.66. The van der Waals surface area contributed by atoms with Crippen molar-refractivity contribution >= 4 is 10.1 Å². The molecule has 0 radical (unpaired) electrons. The summed E-state index contributed by atoms with van der Waals surface area (Å²) in [4.78, 5) is 0. The zero-order chi connectivity index (χ0) is 11.0. The Kier molecular flexibility index (Phi) is 7.08. The fourth-order valence-corrected chi connectivity index (χ4v) is 1.53. The molecular formula is C8H18NO4S-. The Morgan fingerprint density at radius 2 is 2.14 bits per heavy atom. The summed E-state index contributed by atoms with van der Waals surface area (Å²) in [7, 11) is -2.42. The Labute approximate surface area is 85.6 Å². The molecule has 0 aliphatic rings. The van der Waals surface area contributed by atoms with Gasteiger partial charge in [0, 0.05) is 19.4 Å². The van der Waals surface area contributed by atoms with Crippen LogP contribution in [-0.2, 0) is 14.9 Å². The first kappa shape index (κ1) is 13.8. The molecule has 1 atom stereocenters. The topological polar surface area (TPSA) is 78.5 Å². The van der Waals surface area contributed by atoms with E-state index in [-0.39, 0.29) is 11.9 Å². The molecular weight excluding hydrogens is 206 g/mol. The lowest BCUT2D eigenvalue weighted by Gasteiger charge is -2.13. The highest BCUT2D eigenvalue weighted by Gasteiger charge is 2.02. The highest BCUT2D eigenvalue weighted by atomic mass is 32.2. The second kappa shape index (κ2) is 7.17. The standard InChI is InChI=1S/C8H19NO4S/c1-3-8(13-2)7-9-5-4-6-14(10,11)12/h8-9H,3-7H2,1-2H3,(H,10,11,12)/p-1. The smallest absolute Gasteiger partial charge is 0.0946 e. The number of hydrogen-bond acceptors (Lipinski definition) is 5. The van der Waals surface area contributed by atoms with Crippen molar-refractivity contribution in [3.05, 3.63) is 0 Å². The Morgan fingerprint density at radius 1 is 1.50 bits per heavy atom. The van der Waals surface area contributed by atoms with E-state index in [0.29, 0.717) is 19.5 Å². The van der Waals surface area contributed by atoms with E-state index >= 15 is 0 Å². The molecule has 0 aliphatic heterocycles. The van der Waals surface area contributed by atoms with Gasteiger partial charge >= 0.3 is 0 Å². The Morgan fingerprint density at radius 3 is 2.57 bits per heavy atom. The molecule has 0 aliphatic carbocycles. The van der Waals surface area contributed by atoms with Gasteiger partial charge in [0.15, 0.2) is 0 Å². The van der Waals surface area contributed by atoms with Gasteiger partial charge in [-0.25, -0.2) is 8.42 Å². The van der Waals surface area contributed by atoms with E-state index in [1.165, 1.54) is 0 Å². The van der Waals surface area contributed by atoms with E-state index in [1.54, 1.807) is 7.11 Å². The third-order valence-corrected chi connectivity index (χ3v) is 2.70. The number of ether oxygens (including phenoxy) is 1. The van der Waals surface area contributed by atoms with Crippen LogP contribution in [0.3, 0.4) is 0 Å². The SMILES string of the molecule is CCC(CNCCCS(=O)(=O)[O-])OC. The van der Waals surface area contributed by atoms with Gasteiger partial charge in [-0.05, 0) is 19.4 Å². The molecule has 0 spiro atoms. The van der Waals surface area contributed by atoms with E-state index in [1.807, 2.05) is 6.92 Å². The first-order valence-corrected chi connectivity index (χ1v) is 6.24. The molecule has 0 aromatic rings. The maximum absolute atomic E-state index is 10.2. The zero-order valence-electron chi connectivity index (χ0n) is 8.65. The summed E-state index contributed by atoms with van der Waals surface area (Å²) in [6.07, 6.45) is 1.41. The fourth-order valence-electron chi connectivity index (χ4n) is 1.03. The number of nitrogens with one attached hydrogen (secondary N) is 1. The largest absolute Gasteiger partial charge is 0.748 e. The monoisotopic (exact) mass is 224 g/mol. The molecule has 0 amide bonds. The van der Waals surface area contributed by atoms with Crippen LogP contribution < -0.4 is 5.32 Å².